The zero-order valence-corrected chi connectivity index (χ0v) is 15.6. The van der Waals surface area contributed by atoms with E-state index in [2.05, 4.69) is 15.6 Å². The van der Waals surface area contributed by atoms with E-state index in [4.69, 9.17) is 9.47 Å². The topological polar surface area (TPSA) is 110 Å². The summed E-state index contributed by atoms with van der Waals surface area (Å²) in [7, 11) is 0. The second-order valence-corrected chi connectivity index (χ2v) is 6.75. The molecule has 2 N–H and O–H groups in total. The summed E-state index contributed by atoms with van der Waals surface area (Å²) in [6, 6.07) is 10.5. The first-order valence-electron chi connectivity index (χ1n) is 9.29. The van der Waals surface area contributed by atoms with Crippen molar-refractivity contribution >= 4 is 29.2 Å². The number of anilines is 2. The molecule has 2 aliphatic rings. The van der Waals surface area contributed by atoms with Crippen molar-refractivity contribution < 1.29 is 23.9 Å². The molecule has 0 unspecified atom stereocenters. The molecule has 2 aliphatic heterocycles. The summed E-state index contributed by atoms with van der Waals surface area (Å²) in [5.74, 6) is 0.606. The quantitative estimate of drug-likeness (QED) is 0.762. The van der Waals surface area contributed by atoms with Gasteiger partial charge in [-0.25, -0.2) is 4.98 Å². The van der Waals surface area contributed by atoms with E-state index in [9.17, 15) is 14.4 Å². The van der Waals surface area contributed by atoms with Crippen molar-refractivity contribution in [3.63, 3.8) is 0 Å². The number of amides is 3. The molecule has 1 fully saturated rings. The van der Waals surface area contributed by atoms with Crippen LogP contribution in [0.1, 0.15) is 12.8 Å². The number of nitrogens with zero attached hydrogens (tertiary/aromatic N) is 2. The van der Waals surface area contributed by atoms with Crippen molar-refractivity contribution in [1.82, 2.24) is 10.3 Å². The zero-order chi connectivity index (χ0) is 20.2. The summed E-state index contributed by atoms with van der Waals surface area (Å²) < 4.78 is 10.6. The number of aromatic nitrogens is 1. The smallest absolute Gasteiger partial charge is 0.231 e. The zero-order valence-electron chi connectivity index (χ0n) is 15.6. The number of ether oxygens (including phenoxy) is 2. The molecular formula is C20H20N4O5. The van der Waals surface area contributed by atoms with E-state index in [0.717, 1.165) is 0 Å². The van der Waals surface area contributed by atoms with Crippen LogP contribution in [0.15, 0.2) is 42.6 Å². The Kier molecular flexibility index (Phi) is 5.28. The van der Waals surface area contributed by atoms with Crippen LogP contribution in [-0.4, -0.2) is 42.6 Å². The Bertz CT molecular complexity index is 934. The molecule has 0 spiro atoms. The fourth-order valence-electron chi connectivity index (χ4n) is 3.27. The summed E-state index contributed by atoms with van der Waals surface area (Å²) in [5, 5.41) is 5.39. The predicted molar refractivity (Wildman–Crippen MR) is 104 cm³/mol. The van der Waals surface area contributed by atoms with E-state index in [1.807, 2.05) is 0 Å². The Labute approximate surface area is 167 Å². The highest BCUT2D eigenvalue weighted by molar-refractivity contribution is 6.00. The Hall–Kier alpha value is -3.62. The van der Waals surface area contributed by atoms with Gasteiger partial charge in [0.1, 0.15) is 5.82 Å². The van der Waals surface area contributed by atoms with Crippen LogP contribution < -0.4 is 25.0 Å². The third-order valence-electron chi connectivity index (χ3n) is 4.75. The van der Waals surface area contributed by atoms with Gasteiger partial charge in [0.2, 0.25) is 24.5 Å². The lowest BCUT2D eigenvalue weighted by atomic mass is 10.1. The van der Waals surface area contributed by atoms with Crippen LogP contribution in [0.4, 0.5) is 11.5 Å². The highest BCUT2D eigenvalue weighted by atomic mass is 16.7. The van der Waals surface area contributed by atoms with Gasteiger partial charge in [-0.15, -0.1) is 0 Å². The van der Waals surface area contributed by atoms with Crippen molar-refractivity contribution in [2.45, 2.75) is 12.8 Å². The lowest BCUT2D eigenvalue weighted by molar-refractivity contribution is -0.126. The second-order valence-electron chi connectivity index (χ2n) is 6.75. The normalized spacial score (nSPS) is 17.3. The van der Waals surface area contributed by atoms with E-state index in [1.54, 1.807) is 47.5 Å². The number of hydrogen-bond acceptors (Lipinski definition) is 6. The van der Waals surface area contributed by atoms with E-state index >= 15 is 0 Å². The monoisotopic (exact) mass is 396 g/mol. The van der Waals surface area contributed by atoms with Gasteiger partial charge >= 0.3 is 0 Å². The van der Waals surface area contributed by atoms with Gasteiger partial charge in [-0.2, -0.15) is 0 Å². The number of nitrogens with one attached hydrogen (secondary N) is 2. The van der Waals surface area contributed by atoms with Gasteiger partial charge in [-0.05, 0) is 24.3 Å². The Morgan fingerprint density at radius 1 is 1.17 bits per heavy atom. The first-order valence-corrected chi connectivity index (χ1v) is 9.29. The maximum absolute atomic E-state index is 12.4. The molecule has 0 saturated carbocycles. The Balaban J connectivity index is 1.26. The number of hydrogen-bond donors (Lipinski definition) is 2. The van der Waals surface area contributed by atoms with Crippen LogP contribution >= 0.6 is 0 Å². The molecular weight excluding hydrogens is 376 g/mol. The number of benzene rings is 1. The Morgan fingerprint density at radius 2 is 2.03 bits per heavy atom. The van der Waals surface area contributed by atoms with Gasteiger partial charge in [0.05, 0.1) is 5.92 Å². The van der Waals surface area contributed by atoms with Gasteiger partial charge < -0.3 is 25.0 Å². The second kappa shape index (κ2) is 8.17. The minimum Gasteiger partial charge on any atom is -0.454 e. The van der Waals surface area contributed by atoms with Gasteiger partial charge in [-0.3, -0.25) is 14.4 Å². The first kappa shape index (κ1) is 18.7. The summed E-state index contributed by atoms with van der Waals surface area (Å²) >= 11 is 0. The predicted octanol–water partition coefficient (Wildman–Crippen LogP) is 1.31. The maximum Gasteiger partial charge on any atom is 0.231 e. The molecule has 1 atom stereocenters. The van der Waals surface area contributed by atoms with Crippen molar-refractivity contribution in [1.29, 1.82) is 0 Å². The van der Waals surface area contributed by atoms with Crippen molar-refractivity contribution in [3.05, 3.63) is 42.6 Å². The van der Waals surface area contributed by atoms with E-state index in [0.29, 0.717) is 23.0 Å². The number of fused-ring (bicyclic) bond motifs is 1. The molecule has 0 radical (unpaired) electrons. The standard InChI is InChI=1S/C20H20N4O5/c25-18(23-17-3-1-2-7-21-17)6-8-22-20(27)13-9-19(26)24(11-13)14-4-5-15-16(10-14)29-12-28-15/h1-5,7,10,13H,6,8-9,11-12H2,(H,22,27)(H,21,23,25)/t13-/m0/s1. The summed E-state index contributed by atoms with van der Waals surface area (Å²) in [4.78, 5) is 42.3. The molecule has 0 aliphatic carbocycles. The average Bonchev–Trinajstić information content (AvgIpc) is 3.34. The summed E-state index contributed by atoms with van der Waals surface area (Å²) in [6.07, 6.45) is 1.83. The average molecular weight is 396 g/mol. The van der Waals surface area contributed by atoms with Gasteiger partial charge in [0.25, 0.3) is 0 Å². The van der Waals surface area contributed by atoms with Crippen LogP contribution in [0.5, 0.6) is 11.5 Å². The van der Waals surface area contributed by atoms with E-state index < -0.39 is 5.92 Å². The van der Waals surface area contributed by atoms with Crippen LogP contribution in [0, 0.1) is 5.92 Å². The van der Waals surface area contributed by atoms with E-state index in [1.165, 1.54) is 0 Å². The summed E-state index contributed by atoms with van der Waals surface area (Å²) in [5.41, 5.74) is 0.671. The van der Waals surface area contributed by atoms with Crippen molar-refractivity contribution in [2.24, 2.45) is 5.92 Å². The fourth-order valence-corrected chi connectivity index (χ4v) is 3.27. The maximum atomic E-state index is 12.4. The fraction of sp³-hybridized carbons (Fsp3) is 0.300. The highest BCUT2D eigenvalue weighted by Gasteiger charge is 2.35. The summed E-state index contributed by atoms with van der Waals surface area (Å²) in [6.45, 7) is 0.627. The first-order chi connectivity index (χ1) is 14.1. The largest absolute Gasteiger partial charge is 0.454 e. The molecule has 3 amide bonds. The Morgan fingerprint density at radius 3 is 2.86 bits per heavy atom. The molecule has 1 saturated heterocycles. The third kappa shape index (κ3) is 4.29. The number of carbonyl (C=O) groups is 3. The number of pyridine rings is 1. The lowest BCUT2D eigenvalue weighted by Gasteiger charge is -2.17. The molecule has 1 aromatic carbocycles. The SMILES string of the molecule is O=C(CCNC(=O)[C@H]1CC(=O)N(c2ccc3c(c2)OCO3)C1)Nc1ccccn1. The van der Waals surface area contributed by atoms with Crippen molar-refractivity contribution in [3.8, 4) is 11.5 Å². The van der Waals surface area contributed by atoms with Gasteiger partial charge in [-0.1, -0.05) is 6.07 Å². The molecule has 150 valence electrons. The lowest BCUT2D eigenvalue weighted by Crippen LogP contribution is -2.34. The van der Waals surface area contributed by atoms with Crippen LogP contribution in [0.3, 0.4) is 0 Å². The van der Waals surface area contributed by atoms with Gasteiger partial charge in [0, 0.05) is 43.9 Å². The molecule has 9 heteroatoms. The van der Waals surface area contributed by atoms with Gasteiger partial charge in [0.15, 0.2) is 11.5 Å². The molecule has 3 heterocycles. The molecule has 1 aromatic heterocycles. The molecule has 2 aromatic rings. The molecule has 29 heavy (non-hydrogen) atoms. The van der Waals surface area contributed by atoms with Crippen molar-refractivity contribution in [2.75, 3.05) is 30.1 Å². The van der Waals surface area contributed by atoms with Crippen LogP contribution in [-0.2, 0) is 14.4 Å². The van der Waals surface area contributed by atoms with Crippen LogP contribution in [0.2, 0.25) is 0 Å². The minimum atomic E-state index is -0.466. The van der Waals surface area contributed by atoms with Crippen LogP contribution in [0.25, 0.3) is 0 Å². The van der Waals surface area contributed by atoms with E-state index in [-0.39, 0.29) is 50.4 Å². The molecule has 4 rings (SSSR count). The third-order valence-corrected chi connectivity index (χ3v) is 4.75. The molecule has 9 nitrogen and oxygen atoms in total. The minimum absolute atomic E-state index is 0.120. The number of carbonyl (C=O) groups excluding carboxylic acids is 3. The molecule has 0 bridgehead atoms. The highest BCUT2D eigenvalue weighted by Crippen LogP contribution is 2.37. The number of rotatable bonds is 6.